The maximum atomic E-state index is 8.64. The first-order valence-electron chi connectivity index (χ1n) is 4.23. The number of hydrogen-bond donors (Lipinski definition) is 1. The summed E-state index contributed by atoms with van der Waals surface area (Å²) in [6.45, 7) is 7.97. The predicted octanol–water partition coefficient (Wildman–Crippen LogP) is 3.39. The summed E-state index contributed by atoms with van der Waals surface area (Å²) in [5.41, 5.74) is 4.33. The lowest BCUT2D eigenvalue weighted by Gasteiger charge is -2.08. The summed E-state index contributed by atoms with van der Waals surface area (Å²) in [6.07, 6.45) is 2.63. The van der Waals surface area contributed by atoms with Gasteiger partial charge in [-0.25, -0.2) is 0 Å². The molecule has 0 aromatic heterocycles. The molecule has 0 unspecified atom stereocenters. The SMILES string of the molecule is C=C(/C=C/O)c1c(C)cccc1C. The van der Waals surface area contributed by atoms with Gasteiger partial charge in [0, 0.05) is 0 Å². The Morgan fingerprint density at radius 2 is 1.85 bits per heavy atom. The van der Waals surface area contributed by atoms with E-state index < -0.39 is 0 Å². The normalized spacial score (nSPS) is 10.6. The van der Waals surface area contributed by atoms with Crippen LogP contribution in [0.5, 0.6) is 0 Å². The number of benzene rings is 1. The highest BCUT2D eigenvalue weighted by atomic mass is 16.2. The highest BCUT2D eigenvalue weighted by Crippen LogP contribution is 2.21. The van der Waals surface area contributed by atoms with Crippen molar-refractivity contribution in [3.8, 4) is 0 Å². The van der Waals surface area contributed by atoms with Crippen molar-refractivity contribution in [3.63, 3.8) is 0 Å². The van der Waals surface area contributed by atoms with Gasteiger partial charge in [0.05, 0.1) is 6.26 Å². The zero-order valence-electron chi connectivity index (χ0n) is 8.04. The van der Waals surface area contributed by atoms with E-state index >= 15 is 0 Å². The fourth-order valence-electron chi connectivity index (χ4n) is 1.49. The molecule has 1 N–H and O–H groups in total. The van der Waals surface area contributed by atoms with Crippen LogP contribution in [0.3, 0.4) is 0 Å². The number of rotatable bonds is 2. The van der Waals surface area contributed by atoms with Crippen LogP contribution in [-0.4, -0.2) is 5.11 Å². The molecule has 0 spiro atoms. The summed E-state index contributed by atoms with van der Waals surface area (Å²) >= 11 is 0. The van der Waals surface area contributed by atoms with E-state index in [1.54, 1.807) is 6.08 Å². The largest absolute Gasteiger partial charge is 0.516 e. The smallest absolute Gasteiger partial charge is 0.0797 e. The van der Waals surface area contributed by atoms with E-state index in [4.69, 9.17) is 5.11 Å². The third-order valence-corrected chi connectivity index (χ3v) is 2.08. The number of aliphatic hydroxyl groups is 1. The molecule has 0 saturated heterocycles. The van der Waals surface area contributed by atoms with Gasteiger partial charge in [0.15, 0.2) is 0 Å². The van der Waals surface area contributed by atoms with Crippen molar-refractivity contribution in [1.29, 1.82) is 0 Å². The third-order valence-electron chi connectivity index (χ3n) is 2.08. The van der Waals surface area contributed by atoms with Gasteiger partial charge in [-0.15, -0.1) is 0 Å². The first-order chi connectivity index (χ1) is 6.16. The summed E-state index contributed by atoms with van der Waals surface area (Å²) < 4.78 is 0. The lowest BCUT2D eigenvalue weighted by molar-refractivity contribution is 0.474. The van der Waals surface area contributed by atoms with Gasteiger partial charge in [0.25, 0.3) is 0 Å². The Labute approximate surface area is 79.0 Å². The van der Waals surface area contributed by atoms with Crippen LogP contribution < -0.4 is 0 Å². The van der Waals surface area contributed by atoms with Gasteiger partial charge in [-0.05, 0) is 42.2 Å². The van der Waals surface area contributed by atoms with Crippen molar-refractivity contribution in [2.45, 2.75) is 13.8 Å². The Morgan fingerprint density at radius 3 is 2.31 bits per heavy atom. The van der Waals surface area contributed by atoms with Gasteiger partial charge in [0.2, 0.25) is 0 Å². The Hall–Kier alpha value is -1.50. The van der Waals surface area contributed by atoms with Crippen molar-refractivity contribution >= 4 is 5.57 Å². The average Bonchev–Trinajstić information content (AvgIpc) is 2.04. The van der Waals surface area contributed by atoms with Gasteiger partial charge in [-0.1, -0.05) is 24.8 Å². The van der Waals surface area contributed by atoms with E-state index in [1.807, 2.05) is 32.0 Å². The fraction of sp³-hybridized carbons (Fsp3) is 0.167. The van der Waals surface area contributed by atoms with Crippen molar-refractivity contribution in [3.05, 3.63) is 53.8 Å². The molecular formula is C12H14O. The van der Waals surface area contributed by atoms with Crippen LogP contribution >= 0.6 is 0 Å². The summed E-state index contributed by atoms with van der Waals surface area (Å²) in [6, 6.07) is 6.10. The molecule has 0 saturated carbocycles. The number of hydrogen-bond acceptors (Lipinski definition) is 1. The van der Waals surface area contributed by atoms with E-state index in [9.17, 15) is 0 Å². The van der Waals surface area contributed by atoms with Crippen LogP contribution in [0.4, 0.5) is 0 Å². The summed E-state index contributed by atoms with van der Waals surface area (Å²) in [7, 11) is 0. The molecule has 0 fully saturated rings. The number of aryl methyl sites for hydroxylation is 2. The highest BCUT2D eigenvalue weighted by molar-refractivity contribution is 5.75. The van der Waals surface area contributed by atoms with Crippen LogP contribution in [0, 0.1) is 13.8 Å². The van der Waals surface area contributed by atoms with Crippen molar-refractivity contribution in [1.82, 2.24) is 0 Å². The molecule has 1 heteroatoms. The molecule has 68 valence electrons. The molecule has 0 radical (unpaired) electrons. The lowest BCUT2D eigenvalue weighted by atomic mass is 9.97. The summed E-state index contributed by atoms with van der Waals surface area (Å²) in [5.74, 6) is 0. The van der Waals surface area contributed by atoms with Gasteiger partial charge in [-0.3, -0.25) is 0 Å². The Bertz CT molecular complexity index is 328. The van der Waals surface area contributed by atoms with Crippen LogP contribution in [0.25, 0.3) is 5.57 Å². The Balaban J connectivity index is 3.20. The van der Waals surface area contributed by atoms with Gasteiger partial charge < -0.3 is 5.11 Å². The van der Waals surface area contributed by atoms with E-state index in [1.165, 1.54) is 11.1 Å². The number of aliphatic hydroxyl groups excluding tert-OH is 1. The second-order valence-corrected chi connectivity index (χ2v) is 3.11. The van der Waals surface area contributed by atoms with Crippen molar-refractivity contribution in [2.24, 2.45) is 0 Å². The molecule has 1 aromatic rings. The average molecular weight is 174 g/mol. The maximum absolute atomic E-state index is 8.64. The van der Waals surface area contributed by atoms with Gasteiger partial charge in [-0.2, -0.15) is 0 Å². The van der Waals surface area contributed by atoms with E-state index in [2.05, 4.69) is 6.58 Å². The molecule has 1 aromatic carbocycles. The monoisotopic (exact) mass is 174 g/mol. The Kier molecular flexibility index (Phi) is 2.91. The first-order valence-corrected chi connectivity index (χ1v) is 4.23. The zero-order valence-corrected chi connectivity index (χ0v) is 8.04. The minimum atomic E-state index is 0.845. The van der Waals surface area contributed by atoms with Crippen LogP contribution in [-0.2, 0) is 0 Å². The Morgan fingerprint density at radius 1 is 1.31 bits per heavy atom. The second-order valence-electron chi connectivity index (χ2n) is 3.11. The molecule has 0 aliphatic rings. The fourth-order valence-corrected chi connectivity index (χ4v) is 1.49. The lowest BCUT2D eigenvalue weighted by Crippen LogP contribution is -1.89. The number of allylic oxidation sites excluding steroid dienone is 2. The molecule has 1 rings (SSSR count). The molecule has 0 amide bonds. The molecular weight excluding hydrogens is 160 g/mol. The molecule has 1 nitrogen and oxygen atoms in total. The maximum Gasteiger partial charge on any atom is 0.0797 e. The topological polar surface area (TPSA) is 20.2 Å². The van der Waals surface area contributed by atoms with E-state index in [0.29, 0.717) is 0 Å². The van der Waals surface area contributed by atoms with Gasteiger partial charge >= 0.3 is 0 Å². The highest BCUT2D eigenvalue weighted by Gasteiger charge is 2.02. The van der Waals surface area contributed by atoms with Crippen LogP contribution in [0.2, 0.25) is 0 Å². The minimum absolute atomic E-state index is 0.845. The molecule has 0 aliphatic carbocycles. The first kappa shape index (κ1) is 9.59. The molecule has 0 aliphatic heterocycles. The van der Waals surface area contributed by atoms with Gasteiger partial charge in [0.1, 0.15) is 0 Å². The van der Waals surface area contributed by atoms with Crippen molar-refractivity contribution in [2.75, 3.05) is 0 Å². The molecule has 0 atom stereocenters. The zero-order chi connectivity index (χ0) is 9.84. The molecule has 0 heterocycles. The van der Waals surface area contributed by atoms with E-state index in [0.717, 1.165) is 17.4 Å². The second kappa shape index (κ2) is 3.94. The van der Waals surface area contributed by atoms with Crippen LogP contribution in [0.15, 0.2) is 37.1 Å². The minimum Gasteiger partial charge on any atom is -0.516 e. The summed E-state index contributed by atoms with van der Waals surface area (Å²) in [4.78, 5) is 0. The van der Waals surface area contributed by atoms with Crippen molar-refractivity contribution < 1.29 is 5.11 Å². The molecule has 13 heavy (non-hydrogen) atoms. The predicted molar refractivity (Wildman–Crippen MR) is 56.7 cm³/mol. The molecule has 0 bridgehead atoms. The standard InChI is InChI=1S/C12H14O/c1-9-5-4-6-10(2)12(9)11(3)7-8-13/h4-8,13H,3H2,1-2H3/b8-7+. The summed E-state index contributed by atoms with van der Waals surface area (Å²) in [5, 5.41) is 8.64. The quantitative estimate of drug-likeness (QED) is 0.538. The van der Waals surface area contributed by atoms with Crippen LogP contribution in [0.1, 0.15) is 16.7 Å². The third kappa shape index (κ3) is 2.00. The van der Waals surface area contributed by atoms with E-state index in [-0.39, 0.29) is 0 Å².